The number of hydrogen-bond donors (Lipinski definition) is 1. The Morgan fingerprint density at radius 2 is 1.88 bits per heavy atom. The van der Waals surface area contributed by atoms with Crippen LogP contribution in [-0.2, 0) is 11.3 Å². The van der Waals surface area contributed by atoms with Crippen LogP contribution in [-0.4, -0.2) is 17.0 Å². The highest BCUT2D eigenvalue weighted by molar-refractivity contribution is 5.91. The van der Waals surface area contributed by atoms with E-state index in [2.05, 4.69) is 5.32 Å². The van der Waals surface area contributed by atoms with Gasteiger partial charge >= 0.3 is 0 Å². The highest BCUT2D eigenvalue weighted by Gasteiger charge is 2.07. The van der Waals surface area contributed by atoms with Crippen LogP contribution in [0.3, 0.4) is 0 Å². The number of benzene rings is 2. The van der Waals surface area contributed by atoms with Crippen molar-refractivity contribution < 1.29 is 18.0 Å². The van der Waals surface area contributed by atoms with Gasteiger partial charge in [-0.3, -0.25) is 4.79 Å². The standard InChI is InChI=1S/C20H17F3N2O/c1-13-10-15-12-16(21)4-6-19(15)25(13)9-8-24-20(26)7-3-14-2-5-17(22)18(23)11-14/h2-7,10-12H,8-9H2,1H3,(H,24,26). The SMILES string of the molecule is Cc1cc2cc(F)ccc2n1CCNC(=O)C=Cc1ccc(F)c(F)c1. The van der Waals surface area contributed by atoms with Gasteiger partial charge in [0.15, 0.2) is 11.6 Å². The highest BCUT2D eigenvalue weighted by Crippen LogP contribution is 2.20. The Bertz CT molecular complexity index is 992. The maximum absolute atomic E-state index is 13.3. The summed E-state index contributed by atoms with van der Waals surface area (Å²) in [6.07, 6.45) is 2.68. The molecule has 0 saturated heterocycles. The first-order chi connectivity index (χ1) is 12.4. The van der Waals surface area contributed by atoms with Gasteiger partial charge in [0.25, 0.3) is 0 Å². The number of fused-ring (bicyclic) bond motifs is 1. The lowest BCUT2D eigenvalue weighted by atomic mass is 10.2. The Labute approximate surface area is 148 Å². The van der Waals surface area contributed by atoms with E-state index in [4.69, 9.17) is 0 Å². The van der Waals surface area contributed by atoms with Gasteiger partial charge in [0.1, 0.15) is 5.82 Å². The number of carbonyl (C=O) groups excluding carboxylic acids is 1. The predicted octanol–water partition coefficient (Wildman–Crippen LogP) is 4.20. The molecule has 2 aromatic carbocycles. The first-order valence-corrected chi connectivity index (χ1v) is 8.10. The highest BCUT2D eigenvalue weighted by atomic mass is 19.2. The summed E-state index contributed by atoms with van der Waals surface area (Å²) in [7, 11) is 0. The molecular formula is C20H17F3N2O. The van der Waals surface area contributed by atoms with E-state index in [-0.39, 0.29) is 11.7 Å². The lowest BCUT2D eigenvalue weighted by Gasteiger charge is -2.08. The molecule has 1 amide bonds. The molecule has 0 aliphatic rings. The van der Waals surface area contributed by atoms with Gasteiger partial charge in [-0.25, -0.2) is 13.2 Å². The third kappa shape index (κ3) is 3.96. The first-order valence-electron chi connectivity index (χ1n) is 8.10. The second-order valence-electron chi connectivity index (χ2n) is 5.94. The van der Waals surface area contributed by atoms with Gasteiger partial charge in [-0.2, -0.15) is 0 Å². The molecule has 26 heavy (non-hydrogen) atoms. The number of aromatic nitrogens is 1. The molecule has 0 fully saturated rings. The molecule has 3 rings (SSSR count). The Balaban J connectivity index is 1.59. The summed E-state index contributed by atoms with van der Waals surface area (Å²) < 4.78 is 41.3. The summed E-state index contributed by atoms with van der Waals surface area (Å²) in [5.41, 5.74) is 2.26. The van der Waals surface area contributed by atoms with Crippen molar-refractivity contribution in [3.8, 4) is 0 Å². The van der Waals surface area contributed by atoms with Crippen molar-refractivity contribution in [3.63, 3.8) is 0 Å². The number of nitrogens with one attached hydrogen (secondary N) is 1. The van der Waals surface area contributed by atoms with Crippen molar-refractivity contribution >= 4 is 22.9 Å². The zero-order valence-corrected chi connectivity index (χ0v) is 14.1. The van der Waals surface area contributed by atoms with E-state index in [0.717, 1.165) is 28.7 Å². The number of aryl methyl sites for hydroxylation is 1. The molecule has 0 radical (unpaired) electrons. The van der Waals surface area contributed by atoms with Crippen LogP contribution < -0.4 is 5.32 Å². The van der Waals surface area contributed by atoms with Crippen LogP contribution in [0.1, 0.15) is 11.3 Å². The minimum Gasteiger partial charge on any atom is -0.351 e. The fourth-order valence-corrected chi connectivity index (χ4v) is 2.81. The molecule has 3 aromatic rings. The quantitative estimate of drug-likeness (QED) is 0.682. The van der Waals surface area contributed by atoms with Gasteiger partial charge in [0, 0.05) is 35.8 Å². The van der Waals surface area contributed by atoms with Gasteiger partial charge in [0.05, 0.1) is 0 Å². The van der Waals surface area contributed by atoms with E-state index in [1.165, 1.54) is 30.4 Å². The van der Waals surface area contributed by atoms with Crippen molar-refractivity contribution in [2.45, 2.75) is 13.5 Å². The number of carbonyl (C=O) groups is 1. The van der Waals surface area contributed by atoms with Crippen LogP contribution in [0.2, 0.25) is 0 Å². The van der Waals surface area contributed by atoms with Crippen LogP contribution in [0, 0.1) is 24.4 Å². The summed E-state index contributed by atoms with van der Waals surface area (Å²) in [5, 5.41) is 3.54. The molecule has 0 aliphatic carbocycles. The Morgan fingerprint density at radius 1 is 1.08 bits per heavy atom. The second kappa shape index (κ2) is 7.47. The molecule has 1 N–H and O–H groups in total. The molecule has 0 bridgehead atoms. The molecule has 3 nitrogen and oxygen atoms in total. The van der Waals surface area contributed by atoms with Gasteiger partial charge < -0.3 is 9.88 Å². The minimum atomic E-state index is -0.959. The van der Waals surface area contributed by atoms with Crippen LogP contribution in [0.25, 0.3) is 17.0 Å². The Kier molecular flexibility index (Phi) is 5.11. The average molecular weight is 358 g/mol. The summed E-state index contributed by atoms with van der Waals surface area (Å²) in [6, 6.07) is 9.90. The number of hydrogen-bond acceptors (Lipinski definition) is 1. The zero-order chi connectivity index (χ0) is 18.7. The largest absolute Gasteiger partial charge is 0.351 e. The average Bonchev–Trinajstić information content (AvgIpc) is 2.90. The zero-order valence-electron chi connectivity index (χ0n) is 14.1. The summed E-state index contributed by atoms with van der Waals surface area (Å²) in [4.78, 5) is 11.9. The minimum absolute atomic E-state index is 0.287. The molecule has 1 heterocycles. The van der Waals surface area contributed by atoms with Crippen molar-refractivity contribution in [2.24, 2.45) is 0 Å². The van der Waals surface area contributed by atoms with E-state index in [1.807, 2.05) is 17.6 Å². The molecular weight excluding hydrogens is 341 g/mol. The lowest BCUT2D eigenvalue weighted by Crippen LogP contribution is -2.25. The summed E-state index contributed by atoms with van der Waals surface area (Å²) in [6.45, 7) is 2.83. The number of halogens is 3. The van der Waals surface area contributed by atoms with E-state index >= 15 is 0 Å². The third-order valence-corrected chi connectivity index (χ3v) is 4.08. The van der Waals surface area contributed by atoms with Crippen LogP contribution in [0.15, 0.2) is 48.5 Å². The molecule has 0 atom stereocenters. The lowest BCUT2D eigenvalue weighted by molar-refractivity contribution is -0.116. The van der Waals surface area contributed by atoms with Gasteiger partial charge in [0.2, 0.25) is 5.91 Å². The second-order valence-corrected chi connectivity index (χ2v) is 5.94. The molecule has 1 aromatic heterocycles. The number of nitrogens with zero attached hydrogens (tertiary/aromatic N) is 1. The van der Waals surface area contributed by atoms with Gasteiger partial charge in [-0.15, -0.1) is 0 Å². The molecule has 0 saturated carbocycles. The van der Waals surface area contributed by atoms with E-state index in [9.17, 15) is 18.0 Å². The molecule has 0 unspecified atom stereocenters. The maximum Gasteiger partial charge on any atom is 0.244 e. The fourth-order valence-electron chi connectivity index (χ4n) is 2.81. The normalized spacial score (nSPS) is 11.4. The number of rotatable bonds is 5. The van der Waals surface area contributed by atoms with Crippen LogP contribution in [0.4, 0.5) is 13.2 Å². The van der Waals surface area contributed by atoms with E-state index < -0.39 is 11.6 Å². The Morgan fingerprint density at radius 3 is 2.65 bits per heavy atom. The smallest absolute Gasteiger partial charge is 0.244 e. The van der Waals surface area contributed by atoms with Crippen LogP contribution in [0.5, 0.6) is 0 Å². The van der Waals surface area contributed by atoms with Crippen molar-refractivity contribution in [1.29, 1.82) is 0 Å². The summed E-state index contributed by atoms with van der Waals surface area (Å²) >= 11 is 0. The molecule has 134 valence electrons. The van der Waals surface area contributed by atoms with E-state index in [0.29, 0.717) is 18.7 Å². The maximum atomic E-state index is 13.3. The fraction of sp³-hybridized carbons (Fsp3) is 0.150. The first kappa shape index (κ1) is 17.8. The summed E-state index contributed by atoms with van der Waals surface area (Å²) in [5.74, 6) is -2.51. The van der Waals surface area contributed by atoms with E-state index in [1.54, 1.807) is 6.07 Å². The monoisotopic (exact) mass is 358 g/mol. The number of amides is 1. The van der Waals surface area contributed by atoms with Crippen LogP contribution >= 0.6 is 0 Å². The topological polar surface area (TPSA) is 34.0 Å². The third-order valence-electron chi connectivity index (χ3n) is 4.08. The Hall–Kier alpha value is -3.02. The van der Waals surface area contributed by atoms with Gasteiger partial charge in [-0.05, 0) is 55.0 Å². The molecule has 0 aliphatic heterocycles. The van der Waals surface area contributed by atoms with Crippen molar-refractivity contribution in [3.05, 3.63) is 77.2 Å². The van der Waals surface area contributed by atoms with Crippen molar-refractivity contribution in [1.82, 2.24) is 9.88 Å². The molecule has 0 spiro atoms. The predicted molar refractivity (Wildman–Crippen MR) is 95.0 cm³/mol. The van der Waals surface area contributed by atoms with Crippen molar-refractivity contribution in [2.75, 3.05) is 6.54 Å². The molecule has 6 heteroatoms. The van der Waals surface area contributed by atoms with Gasteiger partial charge in [-0.1, -0.05) is 6.07 Å².